The highest BCUT2D eigenvalue weighted by molar-refractivity contribution is 7.14. The lowest BCUT2D eigenvalue weighted by Crippen LogP contribution is -2.12. The summed E-state index contributed by atoms with van der Waals surface area (Å²) in [4.78, 5) is 16.4. The molecule has 19 heavy (non-hydrogen) atoms. The molecule has 2 rings (SSSR count). The molecule has 6 heteroatoms. The fraction of sp³-hybridized carbons (Fsp3) is 0.231. The molecule has 0 saturated carbocycles. The molecule has 0 atom stereocenters. The Morgan fingerprint density at radius 1 is 1.47 bits per heavy atom. The van der Waals surface area contributed by atoms with Gasteiger partial charge in [-0.25, -0.2) is 4.98 Å². The van der Waals surface area contributed by atoms with E-state index in [1.54, 1.807) is 18.2 Å². The van der Waals surface area contributed by atoms with Gasteiger partial charge in [0.1, 0.15) is 0 Å². The molecule has 1 aromatic heterocycles. The highest BCUT2D eigenvalue weighted by atomic mass is 35.5. The highest BCUT2D eigenvalue weighted by Crippen LogP contribution is 2.23. The van der Waals surface area contributed by atoms with E-state index in [-0.39, 0.29) is 5.91 Å². The second-order valence-electron chi connectivity index (χ2n) is 4.42. The summed E-state index contributed by atoms with van der Waals surface area (Å²) in [7, 11) is 0. The van der Waals surface area contributed by atoms with Gasteiger partial charge in [-0.15, -0.1) is 11.3 Å². The lowest BCUT2D eigenvalue weighted by molar-refractivity contribution is 0.102. The van der Waals surface area contributed by atoms with Crippen molar-refractivity contribution in [2.75, 3.05) is 11.1 Å². The average Bonchev–Trinajstić information content (AvgIpc) is 2.81. The number of hydrogen-bond acceptors (Lipinski definition) is 4. The standard InChI is InChI=1S/C13H14ClN3OS/c1-7(2)11-6-19-13(16-11)17-12(18)8-3-4-9(14)10(15)5-8/h3-7H,15H2,1-2H3,(H,16,17,18). The number of thiazole rings is 1. The predicted molar refractivity (Wildman–Crippen MR) is 80.0 cm³/mol. The zero-order chi connectivity index (χ0) is 14.0. The molecule has 3 N–H and O–H groups in total. The molecule has 1 aromatic carbocycles. The van der Waals surface area contributed by atoms with E-state index >= 15 is 0 Å². The van der Waals surface area contributed by atoms with Crippen molar-refractivity contribution in [2.24, 2.45) is 0 Å². The van der Waals surface area contributed by atoms with Crippen LogP contribution in [0.15, 0.2) is 23.6 Å². The number of carbonyl (C=O) groups excluding carboxylic acids is 1. The minimum atomic E-state index is -0.243. The van der Waals surface area contributed by atoms with Gasteiger partial charge in [0.05, 0.1) is 16.4 Å². The number of carbonyl (C=O) groups is 1. The number of nitrogens with one attached hydrogen (secondary N) is 1. The number of benzene rings is 1. The average molecular weight is 296 g/mol. The summed E-state index contributed by atoms with van der Waals surface area (Å²) in [6.45, 7) is 4.11. The molecular formula is C13H14ClN3OS. The van der Waals surface area contributed by atoms with Crippen LogP contribution in [-0.4, -0.2) is 10.9 Å². The van der Waals surface area contributed by atoms with Gasteiger partial charge in [-0.3, -0.25) is 10.1 Å². The minimum absolute atomic E-state index is 0.243. The van der Waals surface area contributed by atoms with E-state index in [2.05, 4.69) is 24.1 Å². The summed E-state index contributed by atoms with van der Waals surface area (Å²) in [5.41, 5.74) is 7.49. The van der Waals surface area contributed by atoms with Crippen LogP contribution < -0.4 is 11.1 Å². The Labute approximate surface area is 120 Å². The third-order valence-electron chi connectivity index (χ3n) is 2.59. The lowest BCUT2D eigenvalue weighted by atomic mass is 10.2. The van der Waals surface area contributed by atoms with Crippen LogP contribution in [0.3, 0.4) is 0 Å². The second-order valence-corrected chi connectivity index (χ2v) is 5.69. The summed E-state index contributed by atoms with van der Waals surface area (Å²) in [6.07, 6.45) is 0. The molecular weight excluding hydrogens is 282 g/mol. The number of nitrogen functional groups attached to an aromatic ring is 1. The van der Waals surface area contributed by atoms with Crippen molar-refractivity contribution >= 4 is 39.7 Å². The molecule has 1 heterocycles. The van der Waals surface area contributed by atoms with Gasteiger partial charge < -0.3 is 5.73 Å². The fourth-order valence-corrected chi connectivity index (χ4v) is 2.45. The Hall–Kier alpha value is -1.59. The summed E-state index contributed by atoms with van der Waals surface area (Å²) in [5, 5.41) is 5.71. The maximum absolute atomic E-state index is 12.0. The van der Waals surface area contributed by atoms with Crippen LogP contribution in [0.25, 0.3) is 0 Å². The van der Waals surface area contributed by atoms with E-state index in [4.69, 9.17) is 17.3 Å². The van der Waals surface area contributed by atoms with Gasteiger partial charge in [-0.05, 0) is 24.1 Å². The minimum Gasteiger partial charge on any atom is -0.398 e. The van der Waals surface area contributed by atoms with Crippen molar-refractivity contribution < 1.29 is 4.79 Å². The topological polar surface area (TPSA) is 68.0 Å². The van der Waals surface area contributed by atoms with Gasteiger partial charge >= 0.3 is 0 Å². The first-order valence-corrected chi connectivity index (χ1v) is 7.05. The smallest absolute Gasteiger partial charge is 0.257 e. The number of rotatable bonds is 3. The molecule has 0 aliphatic rings. The normalized spacial score (nSPS) is 10.7. The SMILES string of the molecule is CC(C)c1csc(NC(=O)c2ccc(Cl)c(N)c2)n1. The molecule has 100 valence electrons. The monoisotopic (exact) mass is 295 g/mol. The van der Waals surface area contributed by atoms with E-state index < -0.39 is 0 Å². The lowest BCUT2D eigenvalue weighted by Gasteiger charge is -2.04. The van der Waals surface area contributed by atoms with Gasteiger partial charge in [0.25, 0.3) is 5.91 Å². The number of hydrogen-bond donors (Lipinski definition) is 2. The Bertz CT molecular complexity index is 610. The summed E-state index contributed by atoms with van der Waals surface area (Å²) >= 11 is 7.22. The van der Waals surface area contributed by atoms with E-state index in [0.29, 0.717) is 27.3 Å². The van der Waals surface area contributed by atoms with Crippen LogP contribution in [0.1, 0.15) is 35.8 Å². The van der Waals surface area contributed by atoms with Gasteiger partial charge in [0.2, 0.25) is 0 Å². The molecule has 0 aliphatic heterocycles. The van der Waals surface area contributed by atoms with Gasteiger partial charge in [-0.2, -0.15) is 0 Å². The summed E-state index contributed by atoms with van der Waals surface area (Å²) < 4.78 is 0. The fourth-order valence-electron chi connectivity index (χ4n) is 1.46. The zero-order valence-electron chi connectivity index (χ0n) is 10.6. The number of anilines is 2. The number of aromatic nitrogens is 1. The van der Waals surface area contributed by atoms with Gasteiger partial charge in [0.15, 0.2) is 5.13 Å². The van der Waals surface area contributed by atoms with Crippen LogP contribution in [0.2, 0.25) is 5.02 Å². The van der Waals surface area contributed by atoms with Gasteiger partial charge in [0, 0.05) is 10.9 Å². The quantitative estimate of drug-likeness (QED) is 0.847. The maximum Gasteiger partial charge on any atom is 0.257 e. The third-order valence-corrected chi connectivity index (χ3v) is 3.71. The largest absolute Gasteiger partial charge is 0.398 e. The first-order valence-electron chi connectivity index (χ1n) is 5.79. The van der Waals surface area contributed by atoms with Gasteiger partial charge in [-0.1, -0.05) is 25.4 Å². The Morgan fingerprint density at radius 3 is 2.79 bits per heavy atom. The predicted octanol–water partition coefficient (Wildman–Crippen LogP) is 3.75. The Balaban J connectivity index is 2.13. The molecule has 0 spiro atoms. The van der Waals surface area contributed by atoms with Crippen molar-refractivity contribution in [3.05, 3.63) is 39.9 Å². The molecule has 1 amide bonds. The van der Waals surface area contributed by atoms with Crippen LogP contribution in [0, 0.1) is 0 Å². The number of nitrogens with zero attached hydrogens (tertiary/aromatic N) is 1. The zero-order valence-corrected chi connectivity index (χ0v) is 12.2. The molecule has 2 aromatic rings. The van der Waals surface area contributed by atoms with Crippen LogP contribution in [-0.2, 0) is 0 Å². The summed E-state index contributed by atoms with van der Waals surface area (Å²) in [5.74, 6) is 0.0982. The van der Waals surface area contributed by atoms with E-state index in [9.17, 15) is 4.79 Å². The Morgan fingerprint density at radius 2 is 2.21 bits per heavy atom. The molecule has 4 nitrogen and oxygen atoms in total. The van der Waals surface area contributed by atoms with E-state index in [0.717, 1.165) is 5.69 Å². The molecule has 0 aliphatic carbocycles. The molecule has 0 fully saturated rings. The number of amides is 1. The molecule has 0 saturated heterocycles. The van der Waals surface area contributed by atoms with Crippen LogP contribution in [0.4, 0.5) is 10.8 Å². The van der Waals surface area contributed by atoms with Crippen LogP contribution in [0.5, 0.6) is 0 Å². The van der Waals surface area contributed by atoms with Crippen molar-refractivity contribution in [1.82, 2.24) is 4.98 Å². The first-order chi connectivity index (χ1) is 8.97. The van der Waals surface area contributed by atoms with E-state index in [1.165, 1.54) is 11.3 Å². The second kappa shape index (κ2) is 5.59. The first kappa shape index (κ1) is 13.8. The Kier molecular flexibility index (Phi) is 4.07. The highest BCUT2D eigenvalue weighted by Gasteiger charge is 2.11. The van der Waals surface area contributed by atoms with Crippen molar-refractivity contribution in [3.63, 3.8) is 0 Å². The number of halogens is 1. The molecule has 0 unspecified atom stereocenters. The van der Waals surface area contributed by atoms with Crippen molar-refractivity contribution in [2.45, 2.75) is 19.8 Å². The van der Waals surface area contributed by atoms with Crippen LogP contribution >= 0.6 is 22.9 Å². The van der Waals surface area contributed by atoms with Crippen molar-refractivity contribution in [3.8, 4) is 0 Å². The third kappa shape index (κ3) is 3.24. The van der Waals surface area contributed by atoms with E-state index in [1.807, 2.05) is 5.38 Å². The molecule has 0 radical (unpaired) electrons. The van der Waals surface area contributed by atoms with Crippen molar-refractivity contribution in [1.29, 1.82) is 0 Å². The summed E-state index contributed by atoms with van der Waals surface area (Å²) in [6, 6.07) is 4.78. The number of nitrogens with two attached hydrogens (primary N) is 1. The maximum atomic E-state index is 12.0. The molecule has 0 bridgehead atoms.